The Bertz CT molecular complexity index is 995. The number of ketones is 1. The van der Waals surface area contributed by atoms with Crippen molar-refractivity contribution >= 4 is 5.78 Å². The molecule has 1 atom stereocenters. The van der Waals surface area contributed by atoms with E-state index >= 15 is 0 Å². The van der Waals surface area contributed by atoms with Crippen molar-refractivity contribution in [2.75, 3.05) is 13.1 Å². The molecule has 0 bridgehead atoms. The van der Waals surface area contributed by atoms with Crippen molar-refractivity contribution in [3.63, 3.8) is 0 Å². The molecule has 0 aliphatic carbocycles. The summed E-state index contributed by atoms with van der Waals surface area (Å²) < 4.78 is 6.55. The predicted molar refractivity (Wildman–Crippen MR) is 122 cm³/mol. The zero-order valence-corrected chi connectivity index (χ0v) is 18.4. The lowest BCUT2D eigenvalue weighted by molar-refractivity contribution is -0.0271. The number of benzene rings is 2. The highest BCUT2D eigenvalue weighted by molar-refractivity contribution is 6.04. The molecule has 2 aromatic rings. The van der Waals surface area contributed by atoms with Gasteiger partial charge < -0.3 is 4.74 Å². The molecule has 2 aliphatic heterocycles. The Kier molecular flexibility index (Phi) is 6.88. The van der Waals surface area contributed by atoms with E-state index in [2.05, 4.69) is 41.3 Å². The first kappa shape index (κ1) is 22.1. The fourth-order valence-electron chi connectivity index (χ4n) is 5.40. The van der Waals surface area contributed by atoms with Gasteiger partial charge >= 0.3 is 0 Å². The van der Waals surface area contributed by atoms with Gasteiger partial charge in [-0.25, -0.2) is 0 Å². The van der Waals surface area contributed by atoms with Crippen LogP contribution in [0.15, 0.2) is 54.6 Å². The van der Waals surface area contributed by atoms with Crippen molar-refractivity contribution in [2.45, 2.75) is 51.2 Å². The molecule has 164 valence electrons. The standard InChI is InChI=1S/C27H29N3O2/c28-16-6-14-27(15-7-17-29)25(31)23-10-4-5-11-24(23)32-26(27)22-12-18-30(19-13-22)20-21-8-2-1-3-9-21/h1-5,8-11,22,26H,6-7,12-15,18-20H2. The lowest BCUT2D eigenvalue weighted by atomic mass is 9.63. The number of ether oxygens (including phenoxy) is 1. The smallest absolute Gasteiger partial charge is 0.176 e. The van der Waals surface area contributed by atoms with Gasteiger partial charge in [0, 0.05) is 19.4 Å². The van der Waals surface area contributed by atoms with Crippen LogP contribution in [0.4, 0.5) is 0 Å². The van der Waals surface area contributed by atoms with E-state index in [1.165, 1.54) is 5.56 Å². The van der Waals surface area contributed by atoms with Crippen molar-refractivity contribution in [3.05, 3.63) is 65.7 Å². The Morgan fingerprint density at radius 3 is 2.22 bits per heavy atom. The second kappa shape index (κ2) is 9.98. The van der Waals surface area contributed by atoms with Crippen LogP contribution in [-0.4, -0.2) is 29.9 Å². The summed E-state index contributed by atoms with van der Waals surface area (Å²) in [5.41, 5.74) is 1.08. The number of rotatable bonds is 7. The van der Waals surface area contributed by atoms with E-state index in [4.69, 9.17) is 4.74 Å². The number of nitrogens with zero attached hydrogens (tertiary/aromatic N) is 3. The molecule has 1 fully saturated rings. The van der Waals surface area contributed by atoms with Gasteiger partial charge in [0.2, 0.25) is 0 Å². The third-order valence-corrected chi connectivity index (χ3v) is 7.06. The average Bonchev–Trinajstić information content (AvgIpc) is 2.84. The Balaban J connectivity index is 1.58. The molecule has 1 saturated heterocycles. The number of carbonyl (C=O) groups excluding carboxylic acids is 1. The van der Waals surface area contributed by atoms with E-state index in [1.807, 2.05) is 30.3 Å². The van der Waals surface area contributed by atoms with Crippen LogP contribution < -0.4 is 4.74 Å². The van der Waals surface area contributed by atoms with Crippen LogP contribution in [0.2, 0.25) is 0 Å². The summed E-state index contributed by atoms with van der Waals surface area (Å²) in [6.45, 7) is 2.82. The van der Waals surface area contributed by atoms with Crippen LogP contribution in [0, 0.1) is 34.0 Å². The minimum absolute atomic E-state index is 0.0431. The van der Waals surface area contributed by atoms with E-state index in [9.17, 15) is 15.3 Å². The second-order valence-corrected chi connectivity index (χ2v) is 8.94. The largest absolute Gasteiger partial charge is 0.488 e. The first-order chi connectivity index (χ1) is 15.7. The highest BCUT2D eigenvalue weighted by Crippen LogP contribution is 2.49. The topological polar surface area (TPSA) is 77.1 Å². The first-order valence-electron chi connectivity index (χ1n) is 11.5. The predicted octanol–water partition coefficient (Wildman–Crippen LogP) is 5.14. The fourth-order valence-corrected chi connectivity index (χ4v) is 5.40. The monoisotopic (exact) mass is 427 g/mol. The maximum atomic E-state index is 13.8. The van der Waals surface area contributed by atoms with Gasteiger partial charge in [0.15, 0.2) is 5.78 Å². The van der Waals surface area contributed by atoms with Crippen LogP contribution in [0.5, 0.6) is 5.75 Å². The number of para-hydroxylation sites is 1. The number of hydrogen-bond donors (Lipinski definition) is 0. The average molecular weight is 428 g/mol. The molecule has 2 aliphatic rings. The van der Waals surface area contributed by atoms with Gasteiger partial charge in [-0.05, 0) is 62.4 Å². The van der Waals surface area contributed by atoms with Crippen LogP contribution in [0.25, 0.3) is 0 Å². The van der Waals surface area contributed by atoms with E-state index in [0.717, 1.165) is 32.5 Å². The molecule has 5 heteroatoms. The number of likely N-dealkylation sites (tertiary alicyclic amines) is 1. The number of hydrogen-bond acceptors (Lipinski definition) is 5. The lowest BCUT2D eigenvalue weighted by Crippen LogP contribution is -2.54. The minimum atomic E-state index is -0.813. The van der Waals surface area contributed by atoms with E-state index in [0.29, 0.717) is 24.2 Å². The van der Waals surface area contributed by atoms with Gasteiger partial charge in [0.1, 0.15) is 11.9 Å². The van der Waals surface area contributed by atoms with Crippen molar-refractivity contribution in [3.8, 4) is 17.9 Å². The summed E-state index contributed by atoms with van der Waals surface area (Å²) in [4.78, 5) is 16.3. The zero-order valence-electron chi connectivity index (χ0n) is 18.4. The molecule has 0 amide bonds. The van der Waals surface area contributed by atoms with Gasteiger partial charge in [-0.3, -0.25) is 9.69 Å². The number of Topliss-reactive ketones (excluding diaryl/α,β-unsaturated/α-hetero) is 1. The molecular weight excluding hydrogens is 398 g/mol. The molecule has 1 unspecified atom stereocenters. The number of fused-ring (bicyclic) bond motifs is 1. The maximum absolute atomic E-state index is 13.8. The maximum Gasteiger partial charge on any atom is 0.176 e. The molecular formula is C27H29N3O2. The molecule has 0 saturated carbocycles. The van der Waals surface area contributed by atoms with Crippen molar-refractivity contribution in [1.29, 1.82) is 10.5 Å². The molecule has 5 nitrogen and oxygen atoms in total. The second-order valence-electron chi connectivity index (χ2n) is 8.94. The summed E-state index contributed by atoms with van der Waals surface area (Å²) in [5, 5.41) is 18.6. The van der Waals surface area contributed by atoms with Gasteiger partial charge in [-0.2, -0.15) is 10.5 Å². The molecule has 0 aromatic heterocycles. The minimum Gasteiger partial charge on any atom is -0.488 e. The third-order valence-electron chi connectivity index (χ3n) is 7.06. The van der Waals surface area contributed by atoms with Crippen LogP contribution in [0.3, 0.4) is 0 Å². The fraction of sp³-hybridized carbons (Fsp3) is 0.444. The Morgan fingerprint density at radius 1 is 0.938 bits per heavy atom. The normalized spacial score (nSPS) is 20.6. The summed E-state index contributed by atoms with van der Waals surface area (Å²) in [6, 6.07) is 22.3. The summed E-state index contributed by atoms with van der Waals surface area (Å²) in [5.74, 6) is 0.900. The summed E-state index contributed by atoms with van der Waals surface area (Å²) in [6.07, 6.45) is 3.02. The van der Waals surface area contributed by atoms with E-state index < -0.39 is 5.41 Å². The van der Waals surface area contributed by atoms with Crippen LogP contribution in [0.1, 0.15) is 54.4 Å². The Labute approximate surface area is 190 Å². The molecule has 0 N–H and O–H groups in total. The molecule has 2 aromatic carbocycles. The Hall–Kier alpha value is -3.15. The van der Waals surface area contributed by atoms with Crippen LogP contribution in [-0.2, 0) is 6.54 Å². The van der Waals surface area contributed by atoms with E-state index in [1.54, 1.807) is 0 Å². The number of carbonyl (C=O) groups is 1. The van der Waals surface area contributed by atoms with Crippen molar-refractivity contribution < 1.29 is 9.53 Å². The molecule has 2 heterocycles. The lowest BCUT2D eigenvalue weighted by Gasteiger charge is -2.48. The SMILES string of the molecule is N#CCCC1(CCC#N)C(=O)c2ccccc2OC1C1CCN(Cc2ccccc2)CC1. The molecule has 0 spiro atoms. The molecule has 4 rings (SSSR count). The van der Waals surface area contributed by atoms with Gasteiger partial charge in [0.25, 0.3) is 0 Å². The van der Waals surface area contributed by atoms with Crippen molar-refractivity contribution in [2.24, 2.45) is 11.3 Å². The molecule has 32 heavy (non-hydrogen) atoms. The van der Waals surface area contributed by atoms with Crippen molar-refractivity contribution in [1.82, 2.24) is 4.90 Å². The number of nitriles is 2. The van der Waals surface area contributed by atoms with Gasteiger partial charge in [0.05, 0.1) is 23.1 Å². The zero-order chi connectivity index (χ0) is 22.4. The highest BCUT2D eigenvalue weighted by Gasteiger charge is 2.53. The molecule has 0 radical (unpaired) electrons. The summed E-state index contributed by atoms with van der Waals surface area (Å²) >= 11 is 0. The van der Waals surface area contributed by atoms with Gasteiger partial charge in [-0.1, -0.05) is 42.5 Å². The van der Waals surface area contributed by atoms with Crippen LogP contribution >= 0.6 is 0 Å². The summed E-state index contributed by atoms with van der Waals surface area (Å²) in [7, 11) is 0. The van der Waals surface area contributed by atoms with E-state index in [-0.39, 0.29) is 30.6 Å². The van der Waals surface area contributed by atoms with Gasteiger partial charge in [-0.15, -0.1) is 0 Å². The quantitative estimate of drug-likeness (QED) is 0.612. The Morgan fingerprint density at radius 2 is 1.56 bits per heavy atom. The highest BCUT2D eigenvalue weighted by atomic mass is 16.5. The first-order valence-corrected chi connectivity index (χ1v) is 11.5. The third kappa shape index (κ3) is 4.40. The number of piperidine rings is 1.